The van der Waals surface area contributed by atoms with Gasteiger partial charge in [-0.3, -0.25) is 4.79 Å². The number of halogens is 2. The molecule has 32 heavy (non-hydrogen) atoms. The third-order valence-corrected chi connectivity index (χ3v) is 7.39. The van der Waals surface area contributed by atoms with E-state index in [2.05, 4.69) is 5.32 Å². The number of benzene rings is 2. The van der Waals surface area contributed by atoms with E-state index < -0.39 is 27.6 Å². The molecule has 1 aliphatic rings. The Morgan fingerprint density at radius 1 is 1.19 bits per heavy atom. The first-order valence-corrected chi connectivity index (χ1v) is 12.2. The summed E-state index contributed by atoms with van der Waals surface area (Å²) in [6, 6.07) is 10.3. The second-order valence-corrected chi connectivity index (χ2v) is 9.80. The number of esters is 1. The third-order valence-electron chi connectivity index (χ3n) is 5.25. The maximum Gasteiger partial charge on any atom is 0.339 e. The van der Waals surface area contributed by atoms with Crippen LogP contribution in [0.1, 0.15) is 35.7 Å². The summed E-state index contributed by atoms with van der Waals surface area (Å²) in [6.07, 6.45) is 0.688. The quantitative estimate of drug-likeness (QED) is 0.605. The molecule has 0 spiro atoms. The molecule has 1 saturated heterocycles. The SMILES string of the molecule is CCOC(=O)c1ccc(NC(=O)C2CCN(S(=O)(=O)Cc3ccccc3F)CC2)cc1Cl. The summed E-state index contributed by atoms with van der Waals surface area (Å²) in [5.74, 6) is -2.14. The number of rotatable bonds is 7. The summed E-state index contributed by atoms with van der Waals surface area (Å²) in [5.41, 5.74) is 0.762. The highest BCUT2D eigenvalue weighted by Gasteiger charge is 2.31. The van der Waals surface area contributed by atoms with E-state index in [1.165, 1.54) is 34.6 Å². The first-order chi connectivity index (χ1) is 15.2. The van der Waals surface area contributed by atoms with Crippen molar-refractivity contribution in [2.75, 3.05) is 25.0 Å². The van der Waals surface area contributed by atoms with Gasteiger partial charge >= 0.3 is 5.97 Å². The molecule has 0 unspecified atom stereocenters. The molecule has 1 heterocycles. The number of carbonyl (C=O) groups is 2. The fourth-order valence-corrected chi connectivity index (χ4v) is 5.35. The second-order valence-electron chi connectivity index (χ2n) is 7.43. The average molecular weight is 483 g/mol. The van der Waals surface area contributed by atoms with Crippen molar-refractivity contribution in [3.8, 4) is 0 Å². The van der Waals surface area contributed by atoms with E-state index in [9.17, 15) is 22.4 Å². The first-order valence-electron chi connectivity index (χ1n) is 10.2. The normalized spacial score (nSPS) is 15.3. The largest absolute Gasteiger partial charge is 0.462 e. The minimum atomic E-state index is -3.69. The Labute approximate surface area is 191 Å². The number of piperidine rings is 1. The second kappa shape index (κ2) is 10.4. The van der Waals surface area contributed by atoms with Gasteiger partial charge in [-0.05, 0) is 44.0 Å². The molecule has 0 radical (unpaired) electrons. The molecule has 0 bridgehead atoms. The molecule has 10 heteroatoms. The zero-order valence-corrected chi connectivity index (χ0v) is 19.1. The molecule has 7 nitrogen and oxygen atoms in total. The molecule has 0 saturated carbocycles. The topological polar surface area (TPSA) is 92.8 Å². The Kier molecular flexibility index (Phi) is 7.86. The van der Waals surface area contributed by atoms with Crippen molar-refractivity contribution in [3.05, 3.63) is 64.4 Å². The van der Waals surface area contributed by atoms with Crippen LogP contribution in [-0.2, 0) is 25.3 Å². The van der Waals surface area contributed by atoms with Crippen molar-refractivity contribution >= 4 is 39.2 Å². The summed E-state index contributed by atoms with van der Waals surface area (Å²) >= 11 is 6.12. The molecule has 0 atom stereocenters. The lowest BCUT2D eigenvalue weighted by Crippen LogP contribution is -2.42. The Hall–Kier alpha value is -2.49. The number of amides is 1. The van der Waals surface area contributed by atoms with Crippen LogP contribution in [0.15, 0.2) is 42.5 Å². The molecule has 2 aromatic carbocycles. The van der Waals surface area contributed by atoms with Crippen LogP contribution in [0.5, 0.6) is 0 Å². The van der Waals surface area contributed by atoms with Crippen LogP contribution < -0.4 is 5.32 Å². The molecule has 172 valence electrons. The van der Waals surface area contributed by atoms with Crippen LogP contribution in [0.4, 0.5) is 10.1 Å². The summed E-state index contributed by atoms with van der Waals surface area (Å²) in [5, 5.41) is 2.92. The van der Waals surface area contributed by atoms with Crippen LogP contribution in [0, 0.1) is 11.7 Å². The van der Waals surface area contributed by atoms with E-state index in [1.807, 2.05) is 0 Å². The Morgan fingerprint density at radius 2 is 1.88 bits per heavy atom. The van der Waals surface area contributed by atoms with Gasteiger partial charge in [-0.1, -0.05) is 29.8 Å². The van der Waals surface area contributed by atoms with Gasteiger partial charge in [0.15, 0.2) is 0 Å². The van der Waals surface area contributed by atoms with Crippen LogP contribution in [0.3, 0.4) is 0 Å². The zero-order valence-electron chi connectivity index (χ0n) is 17.5. The number of hydrogen-bond acceptors (Lipinski definition) is 5. The Balaban J connectivity index is 1.57. The number of nitrogens with one attached hydrogen (secondary N) is 1. The van der Waals surface area contributed by atoms with E-state index in [4.69, 9.17) is 16.3 Å². The van der Waals surface area contributed by atoms with Gasteiger partial charge in [-0.15, -0.1) is 0 Å². The fraction of sp³-hybridized carbons (Fsp3) is 0.364. The number of hydrogen-bond donors (Lipinski definition) is 1. The molecule has 3 rings (SSSR count). The van der Waals surface area contributed by atoms with Crippen LogP contribution in [0.25, 0.3) is 0 Å². The predicted molar refractivity (Wildman–Crippen MR) is 119 cm³/mol. The molecule has 0 aromatic heterocycles. The highest BCUT2D eigenvalue weighted by molar-refractivity contribution is 7.88. The molecule has 1 aliphatic heterocycles. The van der Waals surface area contributed by atoms with E-state index in [1.54, 1.807) is 19.1 Å². The number of nitrogens with zero attached hydrogens (tertiary/aromatic N) is 1. The van der Waals surface area contributed by atoms with Crippen molar-refractivity contribution < 1.29 is 27.1 Å². The van der Waals surface area contributed by atoms with E-state index in [-0.39, 0.29) is 47.7 Å². The van der Waals surface area contributed by atoms with E-state index >= 15 is 0 Å². The van der Waals surface area contributed by atoms with Gasteiger partial charge in [-0.2, -0.15) is 0 Å². The van der Waals surface area contributed by atoms with Crippen LogP contribution in [-0.4, -0.2) is 44.3 Å². The lowest BCUT2D eigenvalue weighted by Gasteiger charge is -2.30. The molecule has 2 aromatic rings. The minimum absolute atomic E-state index is 0.121. The van der Waals surface area contributed by atoms with Gasteiger partial charge in [-0.25, -0.2) is 21.9 Å². The lowest BCUT2D eigenvalue weighted by atomic mass is 9.97. The van der Waals surface area contributed by atoms with Crippen molar-refractivity contribution in [2.24, 2.45) is 5.92 Å². The van der Waals surface area contributed by atoms with Gasteiger partial charge in [0.1, 0.15) is 5.82 Å². The summed E-state index contributed by atoms with van der Waals surface area (Å²) in [7, 11) is -3.69. The first kappa shape index (κ1) is 24.2. The molecule has 0 aliphatic carbocycles. The number of sulfonamides is 1. The average Bonchev–Trinajstić information content (AvgIpc) is 2.75. The highest BCUT2D eigenvalue weighted by Crippen LogP contribution is 2.26. The Morgan fingerprint density at radius 3 is 2.50 bits per heavy atom. The molecule has 1 amide bonds. The third kappa shape index (κ3) is 5.85. The maximum absolute atomic E-state index is 13.8. The highest BCUT2D eigenvalue weighted by atomic mass is 35.5. The number of anilines is 1. The standard InChI is InChI=1S/C22H24ClFN2O5S/c1-2-31-22(28)18-8-7-17(13-19(18)23)25-21(27)15-9-11-26(12-10-15)32(29,30)14-16-5-3-4-6-20(16)24/h3-8,13,15H,2,9-12,14H2,1H3,(H,25,27). The van der Waals surface area contributed by atoms with Gasteiger partial charge in [0.2, 0.25) is 15.9 Å². The van der Waals surface area contributed by atoms with Gasteiger partial charge < -0.3 is 10.1 Å². The van der Waals surface area contributed by atoms with Crippen molar-refractivity contribution in [1.82, 2.24) is 4.31 Å². The zero-order chi connectivity index (χ0) is 23.3. The van der Waals surface area contributed by atoms with Gasteiger partial charge in [0.25, 0.3) is 0 Å². The summed E-state index contributed by atoms with van der Waals surface area (Å²) < 4.78 is 45.4. The van der Waals surface area contributed by atoms with Crippen molar-refractivity contribution in [1.29, 1.82) is 0 Å². The smallest absolute Gasteiger partial charge is 0.339 e. The minimum Gasteiger partial charge on any atom is -0.462 e. The van der Waals surface area contributed by atoms with E-state index in [0.29, 0.717) is 18.5 Å². The molecule has 1 N–H and O–H groups in total. The lowest BCUT2D eigenvalue weighted by molar-refractivity contribution is -0.120. The van der Waals surface area contributed by atoms with Crippen LogP contribution in [0.2, 0.25) is 5.02 Å². The van der Waals surface area contributed by atoms with Gasteiger partial charge in [0, 0.05) is 30.3 Å². The van der Waals surface area contributed by atoms with Crippen LogP contribution >= 0.6 is 11.6 Å². The fourth-order valence-electron chi connectivity index (χ4n) is 3.51. The molecule has 1 fully saturated rings. The van der Waals surface area contributed by atoms with E-state index in [0.717, 1.165) is 0 Å². The predicted octanol–water partition coefficient (Wildman–Crippen LogP) is 3.84. The number of carbonyl (C=O) groups excluding carboxylic acids is 2. The molecular weight excluding hydrogens is 459 g/mol. The van der Waals surface area contributed by atoms with Crippen molar-refractivity contribution in [2.45, 2.75) is 25.5 Å². The van der Waals surface area contributed by atoms with Gasteiger partial charge in [0.05, 0.1) is 22.9 Å². The monoisotopic (exact) mass is 482 g/mol. The summed E-state index contributed by atoms with van der Waals surface area (Å²) in [4.78, 5) is 24.5. The Bertz CT molecular complexity index is 1100. The maximum atomic E-state index is 13.8. The number of ether oxygens (including phenoxy) is 1. The summed E-state index contributed by atoms with van der Waals surface area (Å²) in [6.45, 7) is 2.27. The van der Waals surface area contributed by atoms with Crippen molar-refractivity contribution in [3.63, 3.8) is 0 Å². The molecular formula is C22H24ClFN2O5S.